The van der Waals surface area contributed by atoms with Gasteiger partial charge in [-0.2, -0.15) is 0 Å². The summed E-state index contributed by atoms with van der Waals surface area (Å²) in [6.07, 6.45) is 4.74. The fraction of sp³-hybridized carbons (Fsp3) is 0.688. The van der Waals surface area contributed by atoms with E-state index in [9.17, 15) is 9.00 Å². The zero-order valence-corrected chi connectivity index (χ0v) is 15.1. The van der Waals surface area contributed by atoms with Crippen molar-refractivity contribution in [1.82, 2.24) is 14.9 Å². The van der Waals surface area contributed by atoms with Gasteiger partial charge >= 0.3 is 6.09 Å². The summed E-state index contributed by atoms with van der Waals surface area (Å²) in [6.45, 7) is 8.67. The quantitative estimate of drug-likeness (QED) is 0.846. The van der Waals surface area contributed by atoms with E-state index in [0.29, 0.717) is 29.6 Å². The Hall–Kier alpha value is -1.50. The maximum Gasteiger partial charge on any atom is 0.410 e. The molecule has 2 rings (SSSR count). The van der Waals surface area contributed by atoms with Crippen molar-refractivity contribution in [2.24, 2.45) is 5.92 Å². The minimum absolute atomic E-state index is 0.193. The summed E-state index contributed by atoms with van der Waals surface area (Å²) < 4.78 is 17.9. The fourth-order valence-electron chi connectivity index (χ4n) is 2.60. The summed E-state index contributed by atoms with van der Waals surface area (Å²) in [4.78, 5) is 22.2. The lowest BCUT2D eigenvalue weighted by molar-refractivity contribution is 0.0176. The molecule has 0 unspecified atom stereocenters. The molecule has 2 heterocycles. The predicted molar refractivity (Wildman–Crippen MR) is 88.6 cm³/mol. The molecule has 128 valence electrons. The van der Waals surface area contributed by atoms with E-state index < -0.39 is 16.4 Å². The van der Waals surface area contributed by atoms with E-state index in [4.69, 9.17) is 4.74 Å². The second-order valence-electron chi connectivity index (χ2n) is 6.89. The largest absolute Gasteiger partial charge is 0.444 e. The molecule has 0 aromatic carbocycles. The maximum absolute atomic E-state index is 12.5. The summed E-state index contributed by atoms with van der Waals surface area (Å²) in [5, 5.41) is 0.543. The van der Waals surface area contributed by atoms with Gasteiger partial charge < -0.3 is 9.64 Å². The molecule has 6 nitrogen and oxygen atoms in total. The van der Waals surface area contributed by atoms with Crippen LogP contribution in [0.1, 0.15) is 39.3 Å². The molecule has 1 fully saturated rings. The van der Waals surface area contributed by atoms with Crippen molar-refractivity contribution in [3.63, 3.8) is 0 Å². The van der Waals surface area contributed by atoms with Crippen LogP contribution >= 0.6 is 0 Å². The Morgan fingerprint density at radius 3 is 2.74 bits per heavy atom. The number of piperidine rings is 1. The number of likely N-dealkylation sites (tertiary alicyclic amines) is 1. The molecule has 1 amide bonds. The third-order valence-corrected chi connectivity index (χ3v) is 5.22. The molecule has 0 saturated carbocycles. The Bertz CT molecular complexity index is 586. The van der Waals surface area contributed by atoms with Crippen LogP contribution in [0.5, 0.6) is 0 Å². The number of aryl methyl sites for hydroxylation is 1. The molecule has 1 aromatic heterocycles. The van der Waals surface area contributed by atoms with Crippen LogP contribution in [0.25, 0.3) is 0 Å². The smallest absolute Gasteiger partial charge is 0.410 e. The van der Waals surface area contributed by atoms with Gasteiger partial charge in [0.15, 0.2) is 0 Å². The van der Waals surface area contributed by atoms with E-state index in [-0.39, 0.29) is 12.0 Å². The second kappa shape index (κ2) is 7.38. The maximum atomic E-state index is 12.5. The third-order valence-electron chi connectivity index (χ3n) is 3.61. The molecule has 1 aliphatic rings. The van der Waals surface area contributed by atoms with E-state index in [0.717, 1.165) is 12.8 Å². The highest BCUT2D eigenvalue weighted by Gasteiger charge is 2.29. The van der Waals surface area contributed by atoms with Gasteiger partial charge in [-0.3, -0.25) is 9.19 Å². The van der Waals surface area contributed by atoms with Crippen LogP contribution in [0.3, 0.4) is 0 Å². The summed E-state index contributed by atoms with van der Waals surface area (Å²) in [5.74, 6) is 0.692. The van der Waals surface area contributed by atoms with Crippen LogP contribution in [-0.4, -0.2) is 49.6 Å². The first-order valence-electron chi connectivity index (χ1n) is 7.90. The van der Waals surface area contributed by atoms with Crippen molar-refractivity contribution in [3.8, 4) is 0 Å². The fourth-order valence-corrected chi connectivity index (χ4v) is 4.02. The SMILES string of the molecule is Cc1nccnc1[S@](=O)C[C@@H]1CCCN(C(=O)OC(C)(C)C)C1. The number of amides is 1. The molecule has 7 heteroatoms. The molecule has 1 aromatic rings. The van der Waals surface area contributed by atoms with Crippen molar-refractivity contribution in [3.05, 3.63) is 18.1 Å². The number of ether oxygens (including phenoxy) is 1. The molecule has 0 spiro atoms. The Balaban J connectivity index is 1.95. The minimum Gasteiger partial charge on any atom is -0.444 e. The third kappa shape index (κ3) is 5.27. The standard InChI is InChI=1S/C16H25N3O3S/c1-12-14(18-8-7-17-12)23(21)11-13-6-5-9-19(10-13)15(20)22-16(2,3)4/h7-8,13H,5-6,9-11H2,1-4H3/t13-,23-/m1/s1. The summed E-state index contributed by atoms with van der Waals surface area (Å²) in [5.41, 5.74) is 0.203. The second-order valence-corrected chi connectivity index (χ2v) is 8.30. The Labute approximate surface area is 140 Å². The molecule has 2 atom stereocenters. The van der Waals surface area contributed by atoms with E-state index >= 15 is 0 Å². The zero-order chi connectivity index (χ0) is 17.0. The van der Waals surface area contributed by atoms with Crippen molar-refractivity contribution in [1.29, 1.82) is 0 Å². The first-order valence-corrected chi connectivity index (χ1v) is 9.22. The van der Waals surface area contributed by atoms with Crippen LogP contribution in [0.2, 0.25) is 0 Å². The number of hydrogen-bond acceptors (Lipinski definition) is 5. The Morgan fingerprint density at radius 2 is 2.09 bits per heavy atom. The van der Waals surface area contributed by atoms with E-state index in [1.807, 2.05) is 27.7 Å². The van der Waals surface area contributed by atoms with Gasteiger partial charge in [0.1, 0.15) is 10.6 Å². The lowest BCUT2D eigenvalue weighted by Crippen LogP contribution is -2.44. The number of rotatable bonds is 3. The predicted octanol–water partition coefficient (Wildman–Crippen LogP) is 2.54. The van der Waals surface area contributed by atoms with Crippen LogP contribution < -0.4 is 0 Å². The Morgan fingerprint density at radius 1 is 1.39 bits per heavy atom. The van der Waals surface area contributed by atoms with E-state index in [1.54, 1.807) is 17.3 Å². The van der Waals surface area contributed by atoms with E-state index in [2.05, 4.69) is 9.97 Å². The summed E-state index contributed by atoms with van der Waals surface area (Å²) in [7, 11) is -1.19. The van der Waals surface area contributed by atoms with E-state index in [1.165, 1.54) is 0 Å². The molecule has 0 bridgehead atoms. The molecule has 1 aliphatic heterocycles. The Kier molecular flexibility index (Phi) is 5.73. The van der Waals surface area contributed by atoms with Crippen LogP contribution in [0.15, 0.2) is 17.4 Å². The van der Waals surface area contributed by atoms with Gasteiger partial charge in [-0.05, 0) is 46.5 Å². The van der Waals surface area contributed by atoms with Crippen LogP contribution in [0.4, 0.5) is 4.79 Å². The number of carbonyl (C=O) groups is 1. The normalized spacial score (nSPS) is 20.2. The molecule has 0 aliphatic carbocycles. The van der Waals surface area contributed by atoms with Crippen LogP contribution in [-0.2, 0) is 15.5 Å². The molecule has 0 radical (unpaired) electrons. The van der Waals surface area contributed by atoms with Crippen molar-refractivity contribution in [2.75, 3.05) is 18.8 Å². The molecule has 23 heavy (non-hydrogen) atoms. The molecular weight excluding hydrogens is 314 g/mol. The number of carbonyl (C=O) groups excluding carboxylic acids is 1. The van der Waals surface area contributed by atoms with Gasteiger partial charge in [0.05, 0.1) is 16.5 Å². The number of nitrogens with zero attached hydrogens (tertiary/aromatic N) is 3. The van der Waals surface area contributed by atoms with Gasteiger partial charge in [0.2, 0.25) is 0 Å². The molecule has 0 N–H and O–H groups in total. The van der Waals surface area contributed by atoms with Crippen molar-refractivity contribution < 1.29 is 13.7 Å². The summed E-state index contributed by atoms with van der Waals surface area (Å²) >= 11 is 0. The highest BCUT2D eigenvalue weighted by Crippen LogP contribution is 2.21. The first kappa shape index (κ1) is 17.8. The first-order chi connectivity index (χ1) is 10.8. The minimum atomic E-state index is -1.19. The lowest BCUT2D eigenvalue weighted by Gasteiger charge is -2.33. The molecular formula is C16H25N3O3S. The van der Waals surface area contributed by atoms with Gasteiger partial charge in [0.25, 0.3) is 0 Å². The highest BCUT2D eigenvalue weighted by atomic mass is 32.2. The van der Waals surface area contributed by atoms with Gasteiger partial charge in [-0.25, -0.2) is 9.78 Å². The van der Waals surface area contributed by atoms with Crippen molar-refractivity contribution >= 4 is 16.9 Å². The van der Waals surface area contributed by atoms with Gasteiger partial charge in [-0.1, -0.05) is 0 Å². The average Bonchev–Trinajstić information content (AvgIpc) is 2.46. The zero-order valence-electron chi connectivity index (χ0n) is 14.2. The summed E-state index contributed by atoms with van der Waals surface area (Å²) in [6, 6.07) is 0. The topological polar surface area (TPSA) is 72.4 Å². The lowest BCUT2D eigenvalue weighted by atomic mass is 10.0. The number of aromatic nitrogens is 2. The number of hydrogen-bond donors (Lipinski definition) is 0. The van der Waals surface area contributed by atoms with Gasteiger partial charge in [-0.15, -0.1) is 0 Å². The average molecular weight is 339 g/mol. The monoisotopic (exact) mass is 339 g/mol. The van der Waals surface area contributed by atoms with Crippen LogP contribution in [0, 0.1) is 12.8 Å². The highest BCUT2D eigenvalue weighted by molar-refractivity contribution is 7.85. The van der Waals surface area contributed by atoms with Crippen molar-refractivity contribution in [2.45, 2.75) is 51.2 Å². The molecule has 1 saturated heterocycles. The van der Waals surface area contributed by atoms with Gasteiger partial charge in [0, 0.05) is 31.2 Å².